The van der Waals surface area contributed by atoms with Crippen LogP contribution in [0.3, 0.4) is 0 Å². The molecule has 2 fully saturated rings. The van der Waals surface area contributed by atoms with Crippen molar-refractivity contribution in [2.45, 2.75) is 46.5 Å². The number of hydrogen-bond donors (Lipinski definition) is 0. The Balaban J connectivity index is 1.92. The van der Waals surface area contributed by atoms with Crippen LogP contribution < -0.4 is 0 Å². The minimum atomic E-state index is 0.597. The van der Waals surface area contributed by atoms with Crippen LogP contribution in [0.15, 0.2) is 50.0 Å². The largest absolute Gasteiger partial charge is 0.270 e. The molecule has 2 saturated carbocycles. The second-order valence-corrected chi connectivity index (χ2v) is 6.48. The summed E-state index contributed by atoms with van der Waals surface area (Å²) in [6, 6.07) is 0. The van der Waals surface area contributed by atoms with Gasteiger partial charge in [-0.15, -0.1) is 0 Å². The van der Waals surface area contributed by atoms with E-state index in [0.29, 0.717) is 5.92 Å². The third-order valence-corrected chi connectivity index (χ3v) is 4.62. The molecule has 0 aromatic heterocycles. The van der Waals surface area contributed by atoms with Crippen LogP contribution in [-0.2, 0) is 0 Å². The third kappa shape index (κ3) is 3.18. The maximum absolute atomic E-state index is 4.82. The Kier molecular flexibility index (Phi) is 4.23. The number of rotatable bonds is 4. The summed E-state index contributed by atoms with van der Waals surface area (Å²) < 4.78 is 0. The summed E-state index contributed by atoms with van der Waals surface area (Å²) in [7, 11) is 1.81. The Morgan fingerprint density at radius 2 is 1.95 bits per heavy atom. The van der Waals surface area contributed by atoms with Crippen molar-refractivity contribution in [3.63, 3.8) is 0 Å². The maximum Gasteiger partial charge on any atom is 0.154 e. The highest BCUT2D eigenvalue weighted by molar-refractivity contribution is 6.31. The Labute approximate surface area is 133 Å². The molecule has 2 aliphatic carbocycles. The van der Waals surface area contributed by atoms with E-state index in [4.69, 9.17) is 9.98 Å². The van der Waals surface area contributed by atoms with Crippen LogP contribution in [0, 0.1) is 11.8 Å². The van der Waals surface area contributed by atoms with Crippen molar-refractivity contribution in [3.8, 4) is 0 Å². The Hall–Kier alpha value is -1.77. The fourth-order valence-corrected chi connectivity index (χ4v) is 2.79. The standard InChI is InChI=1S/C19H25N3/c1-5-14-10-17(13(3)21-11-12(2)15-6-7-15)18(16-8-9-16)22-19(14)20-4/h5,10-11,15-16H,6-9H2,1-4H3/b12-11+,14-5-,20-19?,21-13?. The Bertz CT molecular complexity index is 648. The van der Waals surface area contributed by atoms with E-state index in [0.717, 1.165) is 23.0 Å². The zero-order valence-corrected chi connectivity index (χ0v) is 14.1. The van der Waals surface area contributed by atoms with Crippen LogP contribution in [0.1, 0.15) is 46.5 Å². The van der Waals surface area contributed by atoms with Crippen LogP contribution in [0.2, 0.25) is 0 Å². The van der Waals surface area contributed by atoms with Gasteiger partial charge in [0.1, 0.15) is 0 Å². The molecule has 0 saturated heterocycles. The first-order valence-corrected chi connectivity index (χ1v) is 8.29. The normalized spacial score (nSPS) is 27.3. The van der Waals surface area contributed by atoms with E-state index < -0.39 is 0 Å². The molecule has 1 aliphatic heterocycles. The molecule has 3 heteroatoms. The number of nitrogens with zero attached hydrogens (tertiary/aromatic N) is 3. The van der Waals surface area contributed by atoms with E-state index in [1.165, 1.54) is 42.5 Å². The highest BCUT2D eigenvalue weighted by atomic mass is 14.9. The van der Waals surface area contributed by atoms with E-state index in [9.17, 15) is 0 Å². The lowest BCUT2D eigenvalue weighted by Crippen LogP contribution is -2.20. The van der Waals surface area contributed by atoms with Crippen LogP contribution >= 0.6 is 0 Å². The van der Waals surface area contributed by atoms with E-state index >= 15 is 0 Å². The second kappa shape index (κ2) is 6.15. The lowest BCUT2D eigenvalue weighted by molar-refractivity contribution is 0.996. The summed E-state index contributed by atoms with van der Waals surface area (Å²) in [5.41, 5.74) is 5.95. The highest BCUT2D eigenvalue weighted by Gasteiger charge is 2.33. The summed E-state index contributed by atoms with van der Waals surface area (Å²) in [6.07, 6.45) is 11.5. The molecule has 116 valence electrons. The van der Waals surface area contributed by atoms with Gasteiger partial charge in [0.2, 0.25) is 0 Å². The van der Waals surface area contributed by atoms with Crippen molar-refractivity contribution in [3.05, 3.63) is 35.1 Å². The van der Waals surface area contributed by atoms with Crippen molar-refractivity contribution in [2.75, 3.05) is 7.05 Å². The van der Waals surface area contributed by atoms with Gasteiger partial charge in [-0.3, -0.25) is 9.98 Å². The van der Waals surface area contributed by atoms with Crippen LogP contribution in [-0.4, -0.2) is 24.3 Å². The topological polar surface area (TPSA) is 37.1 Å². The summed E-state index contributed by atoms with van der Waals surface area (Å²) in [5, 5.41) is 0. The third-order valence-electron chi connectivity index (χ3n) is 4.62. The van der Waals surface area contributed by atoms with Crippen molar-refractivity contribution >= 4 is 17.3 Å². The molecular weight excluding hydrogens is 270 g/mol. The van der Waals surface area contributed by atoms with Crippen molar-refractivity contribution < 1.29 is 0 Å². The van der Waals surface area contributed by atoms with Crippen LogP contribution in [0.5, 0.6) is 0 Å². The van der Waals surface area contributed by atoms with Gasteiger partial charge in [0.05, 0.1) is 5.71 Å². The van der Waals surface area contributed by atoms with Gasteiger partial charge >= 0.3 is 0 Å². The summed E-state index contributed by atoms with van der Waals surface area (Å²) >= 11 is 0. The first-order valence-electron chi connectivity index (χ1n) is 8.29. The molecule has 0 aromatic rings. The molecule has 0 aromatic carbocycles. The van der Waals surface area contributed by atoms with E-state index in [-0.39, 0.29) is 0 Å². The van der Waals surface area contributed by atoms with Crippen LogP contribution in [0.25, 0.3) is 0 Å². The fraction of sp³-hybridized carbons (Fsp3) is 0.526. The molecule has 22 heavy (non-hydrogen) atoms. The molecule has 1 heterocycles. The van der Waals surface area contributed by atoms with E-state index in [1.807, 2.05) is 14.0 Å². The minimum Gasteiger partial charge on any atom is -0.270 e. The molecule has 3 rings (SSSR count). The first-order chi connectivity index (χ1) is 10.6. The van der Waals surface area contributed by atoms with Gasteiger partial charge in [0.15, 0.2) is 5.84 Å². The molecule has 3 aliphatic rings. The van der Waals surface area contributed by atoms with E-state index in [2.05, 4.69) is 37.2 Å². The molecular formula is C19H25N3. The molecule has 3 nitrogen and oxygen atoms in total. The highest BCUT2D eigenvalue weighted by Crippen LogP contribution is 2.37. The van der Waals surface area contributed by atoms with Gasteiger partial charge < -0.3 is 0 Å². The average Bonchev–Trinajstić information content (AvgIpc) is 3.41. The zero-order valence-electron chi connectivity index (χ0n) is 14.1. The minimum absolute atomic E-state index is 0.597. The number of hydrogen-bond acceptors (Lipinski definition) is 2. The second-order valence-electron chi connectivity index (χ2n) is 6.48. The van der Waals surface area contributed by atoms with Gasteiger partial charge in [-0.1, -0.05) is 11.6 Å². The van der Waals surface area contributed by atoms with Crippen molar-refractivity contribution in [1.29, 1.82) is 0 Å². The smallest absolute Gasteiger partial charge is 0.154 e. The summed E-state index contributed by atoms with van der Waals surface area (Å²) in [6.45, 7) is 6.33. The summed E-state index contributed by atoms with van der Waals surface area (Å²) in [4.78, 5) is 13.9. The molecule has 0 unspecified atom stereocenters. The lowest BCUT2D eigenvalue weighted by atomic mass is 9.95. The van der Waals surface area contributed by atoms with Gasteiger partial charge in [-0.05, 0) is 58.4 Å². The van der Waals surface area contributed by atoms with E-state index in [1.54, 1.807) is 0 Å². The Morgan fingerprint density at radius 1 is 1.23 bits per heavy atom. The molecule has 0 bridgehead atoms. The molecule has 0 spiro atoms. The predicted octanol–water partition coefficient (Wildman–Crippen LogP) is 4.53. The average molecular weight is 295 g/mol. The van der Waals surface area contributed by atoms with Gasteiger partial charge in [0, 0.05) is 36.0 Å². The molecule has 0 radical (unpaired) electrons. The van der Waals surface area contributed by atoms with Crippen molar-refractivity contribution in [2.24, 2.45) is 26.8 Å². The lowest BCUT2D eigenvalue weighted by Gasteiger charge is -2.17. The molecule has 0 amide bonds. The molecule has 0 N–H and O–H groups in total. The monoisotopic (exact) mass is 295 g/mol. The fourth-order valence-electron chi connectivity index (χ4n) is 2.79. The SMILES string of the molecule is C/C=C1/C=C(C(C)=N/C=C(\C)C2CC2)C(C2CC2)=NC1=NC. The predicted molar refractivity (Wildman–Crippen MR) is 94.9 cm³/mol. The Morgan fingerprint density at radius 3 is 2.50 bits per heavy atom. The quantitative estimate of drug-likeness (QED) is 0.684. The van der Waals surface area contributed by atoms with Gasteiger partial charge in [-0.25, -0.2) is 4.99 Å². The molecule has 0 atom stereocenters. The zero-order chi connectivity index (χ0) is 15.7. The van der Waals surface area contributed by atoms with Crippen LogP contribution in [0.4, 0.5) is 0 Å². The maximum atomic E-state index is 4.82. The van der Waals surface area contributed by atoms with Gasteiger partial charge in [0.25, 0.3) is 0 Å². The van der Waals surface area contributed by atoms with Gasteiger partial charge in [-0.2, -0.15) is 0 Å². The van der Waals surface area contributed by atoms with Crippen molar-refractivity contribution in [1.82, 2.24) is 0 Å². The number of dihydropyridines is 1. The number of amidine groups is 1. The first kappa shape index (κ1) is 15.1. The number of aliphatic imine (C=N–C) groups is 3. The summed E-state index contributed by atoms with van der Waals surface area (Å²) in [5.74, 6) is 2.23. The number of allylic oxidation sites excluding steroid dienone is 3.